The molecule has 0 saturated heterocycles. The fraction of sp³-hybridized carbons (Fsp3) is 0.532. The number of alkyl halides is 6. The molecule has 0 radical (unpaired) electrons. The molecule has 3 amide bonds. The number of rotatable bonds is 15. The normalized spacial score (nSPS) is 19.0. The van der Waals surface area contributed by atoms with E-state index in [-0.39, 0.29) is 53.8 Å². The van der Waals surface area contributed by atoms with Crippen LogP contribution in [0.5, 0.6) is 11.5 Å². The number of amides is 3. The molecule has 2 aliphatic heterocycles. The van der Waals surface area contributed by atoms with E-state index in [4.69, 9.17) is 18.9 Å². The summed E-state index contributed by atoms with van der Waals surface area (Å²) in [6.45, 7) is 7.44. The van der Waals surface area contributed by atoms with Crippen LogP contribution in [0, 0.1) is 5.92 Å². The van der Waals surface area contributed by atoms with E-state index in [9.17, 15) is 50.6 Å². The molecule has 1 fully saturated rings. The van der Waals surface area contributed by atoms with Gasteiger partial charge in [-0.25, -0.2) is 4.79 Å². The maximum atomic E-state index is 14.2. The van der Waals surface area contributed by atoms with Crippen molar-refractivity contribution in [2.45, 2.75) is 115 Å². The molecule has 1 aliphatic carbocycles. The number of carboxylic acids is 1. The summed E-state index contributed by atoms with van der Waals surface area (Å²) in [6.07, 6.45) is -2.94. The zero-order valence-electron chi connectivity index (χ0n) is 37.4. The molecule has 6 rings (SSSR count). The summed E-state index contributed by atoms with van der Waals surface area (Å²) >= 11 is 0. The minimum absolute atomic E-state index is 0.0251. The Morgan fingerprint density at radius 3 is 1.65 bits per heavy atom. The lowest BCUT2D eigenvalue weighted by Crippen LogP contribution is -2.53. The number of unbranched alkanes of at least 4 members (excludes halogenated alkanes) is 2. The van der Waals surface area contributed by atoms with Gasteiger partial charge in [0.25, 0.3) is 17.7 Å². The first-order valence-corrected chi connectivity index (χ1v) is 21.6. The Bertz CT molecular complexity index is 2180. The Labute approximate surface area is 374 Å². The molecule has 0 spiro atoms. The van der Waals surface area contributed by atoms with Gasteiger partial charge in [0, 0.05) is 46.6 Å². The second kappa shape index (κ2) is 20.9. The maximum Gasteiger partial charge on any atom is 0.417 e. The monoisotopic (exact) mass is 921 g/mol. The summed E-state index contributed by atoms with van der Waals surface area (Å²) in [4.78, 5) is 53.4. The van der Waals surface area contributed by atoms with Gasteiger partial charge in [0.15, 0.2) is 11.2 Å². The highest BCUT2D eigenvalue weighted by Gasteiger charge is 2.46. The average Bonchev–Trinajstić information content (AvgIpc) is 3.23. The molecule has 18 heteroatoms. The smallest absolute Gasteiger partial charge is 0.417 e. The third-order valence-corrected chi connectivity index (χ3v) is 11.6. The van der Waals surface area contributed by atoms with Gasteiger partial charge < -0.3 is 39.2 Å². The van der Waals surface area contributed by atoms with Gasteiger partial charge >= 0.3 is 18.3 Å². The molecule has 2 heterocycles. The van der Waals surface area contributed by atoms with Gasteiger partial charge in [-0.3, -0.25) is 14.4 Å². The molecule has 3 aliphatic rings. The van der Waals surface area contributed by atoms with E-state index in [0.29, 0.717) is 51.4 Å². The molecule has 65 heavy (non-hydrogen) atoms. The number of aromatic carboxylic acids is 1. The number of benzene rings is 3. The average molecular weight is 922 g/mol. The Hall–Kier alpha value is -5.36. The zero-order chi connectivity index (χ0) is 47.9. The van der Waals surface area contributed by atoms with Crippen LogP contribution >= 0.6 is 0 Å². The van der Waals surface area contributed by atoms with Crippen molar-refractivity contribution in [2.24, 2.45) is 5.92 Å². The van der Waals surface area contributed by atoms with Crippen molar-refractivity contribution in [2.75, 3.05) is 50.3 Å². The Morgan fingerprint density at radius 1 is 0.723 bits per heavy atom. The van der Waals surface area contributed by atoms with Crippen LogP contribution in [0.3, 0.4) is 0 Å². The van der Waals surface area contributed by atoms with Gasteiger partial charge in [-0.2, -0.15) is 26.3 Å². The highest BCUT2D eigenvalue weighted by atomic mass is 19.4. The van der Waals surface area contributed by atoms with Crippen LogP contribution < -0.4 is 24.6 Å². The molecular weight excluding hydrogens is 865 g/mol. The van der Waals surface area contributed by atoms with Gasteiger partial charge in [-0.15, -0.1) is 0 Å². The fourth-order valence-corrected chi connectivity index (χ4v) is 8.34. The highest BCUT2D eigenvalue weighted by Crippen LogP contribution is 2.46. The summed E-state index contributed by atoms with van der Waals surface area (Å²) < 4.78 is 104. The number of hydrogen-bond donors (Lipinski definition) is 2. The summed E-state index contributed by atoms with van der Waals surface area (Å²) in [5, 5.41) is 12.1. The van der Waals surface area contributed by atoms with E-state index in [1.165, 1.54) is 50.7 Å². The summed E-state index contributed by atoms with van der Waals surface area (Å²) in [5.41, 5.74) is -5.16. The number of methoxy groups -OCH3 is 2. The standard InChI is InChI=1S/C30H37F3N2O4.C17H20F3NO5/c1-29(2)28(37)35(15-9-10-16-38-3)25-18-22(23(30(31,32)33)19-26(25)39-29)27(36)34-24-14-8-7-13-21(24)17-20-11-5-4-6-12-20;1-16(2)15(24)21(6-4-5-7-25-3)12-8-10(14(22)23)11(17(18,19)20)9-13(12)26-16/h4-6,11-12,18-19,21,24H,7-10,13-17H2,1-3H3,(H,34,36);8-9H,4-7H2,1-3H3,(H,22,23)/t21-,24?;/m0./s1. The number of nitrogens with one attached hydrogen (secondary N) is 1. The van der Waals surface area contributed by atoms with Crippen molar-refractivity contribution in [3.63, 3.8) is 0 Å². The second-order valence-corrected chi connectivity index (χ2v) is 17.4. The Balaban J connectivity index is 0.000000265. The van der Waals surface area contributed by atoms with E-state index < -0.39 is 63.6 Å². The quantitative estimate of drug-likeness (QED) is 0.113. The predicted octanol–water partition coefficient (Wildman–Crippen LogP) is 9.50. The molecule has 2 N–H and O–H groups in total. The van der Waals surface area contributed by atoms with E-state index >= 15 is 0 Å². The van der Waals surface area contributed by atoms with Crippen LogP contribution in [0.1, 0.15) is 116 Å². The van der Waals surface area contributed by atoms with E-state index in [1.807, 2.05) is 30.3 Å². The number of ether oxygens (including phenoxy) is 4. The van der Waals surface area contributed by atoms with E-state index in [0.717, 1.165) is 43.4 Å². The molecule has 1 saturated carbocycles. The van der Waals surface area contributed by atoms with Crippen LogP contribution in [-0.4, -0.2) is 86.6 Å². The van der Waals surface area contributed by atoms with Gasteiger partial charge in [-0.1, -0.05) is 43.2 Å². The van der Waals surface area contributed by atoms with Gasteiger partial charge in [0.1, 0.15) is 11.5 Å². The first-order valence-electron chi connectivity index (χ1n) is 21.6. The number of carbonyl (C=O) groups is 4. The van der Waals surface area contributed by atoms with Crippen LogP contribution in [0.25, 0.3) is 0 Å². The van der Waals surface area contributed by atoms with Gasteiger partial charge in [-0.05, 0) is 108 Å². The highest BCUT2D eigenvalue weighted by molar-refractivity contribution is 6.05. The third kappa shape index (κ3) is 12.3. The first-order chi connectivity index (χ1) is 30.5. The van der Waals surface area contributed by atoms with Crippen molar-refractivity contribution in [1.82, 2.24) is 5.32 Å². The predicted molar refractivity (Wildman–Crippen MR) is 230 cm³/mol. The topological polar surface area (TPSA) is 144 Å². The largest absolute Gasteiger partial charge is 0.478 e. The minimum atomic E-state index is -4.86. The molecule has 356 valence electrons. The number of anilines is 2. The number of hydrogen-bond acceptors (Lipinski definition) is 8. The molecule has 3 aromatic carbocycles. The minimum Gasteiger partial charge on any atom is -0.478 e. The van der Waals surface area contributed by atoms with Gasteiger partial charge in [0.2, 0.25) is 0 Å². The second-order valence-electron chi connectivity index (χ2n) is 17.4. The van der Waals surface area contributed by atoms with Crippen molar-refractivity contribution < 1.29 is 69.6 Å². The summed E-state index contributed by atoms with van der Waals surface area (Å²) in [6, 6.07) is 13.2. The number of halogens is 6. The SMILES string of the molecule is COCCCCN1C(=O)C(C)(C)Oc2cc(C(F)(F)F)c(C(=O)NC3CCCC[C@H]3Cc3ccccc3)cc21.COCCCCN1C(=O)C(C)(C)Oc2cc(C(F)(F)F)c(C(=O)O)cc21. The van der Waals surface area contributed by atoms with Crippen LogP contribution in [0.4, 0.5) is 37.7 Å². The molecule has 0 aromatic heterocycles. The fourth-order valence-electron chi connectivity index (χ4n) is 8.34. The summed E-state index contributed by atoms with van der Waals surface area (Å²) in [7, 11) is 3.12. The lowest BCUT2D eigenvalue weighted by molar-refractivity contribution is -0.139. The number of carboxylic acid groups (broad SMARTS) is 1. The molecule has 0 bridgehead atoms. The number of fused-ring (bicyclic) bond motifs is 2. The number of nitrogens with zero attached hydrogens (tertiary/aromatic N) is 2. The van der Waals surface area contributed by atoms with Crippen LogP contribution in [0.15, 0.2) is 54.6 Å². The van der Waals surface area contributed by atoms with E-state index in [2.05, 4.69) is 5.32 Å². The first kappa shape index (κ1) is 50.6. The summed E-state index contributed by atoms with van der Waals surface area (Å²) in [5.74, 6) is -3.43. The Kier molecular flexibility index (Phi) is 16.3. The lowest BCUT2D eigenvalue weighted by Gasteiger charge is -2.39. The zero-order valence-corrected chi connectivity index (χ0v) is 37.4. The molecule has 3 aromatic rings. The van der Waals surface area contributed by atoms with Crippen molar-refractivity contribution in [1.29, 1.82) is 0 Å². The molecule has 1 unspecified atom stereocenters. The van der Waals surface area contributed by atoms with E-state index in [1.54, 1.807) is 7.11 Å². The third-order valence-electron chi connectivity index (χ3n) is 11.6. The maximum absolute atomic E-state index is 14.2. The van der Waals surface area contributed by atoms with Crippen molar-refractivity contribution in [3.8, 4) is 11.5 Å². The van der Waals surface area contributed by atoms with Crippen LogP contribution in [-0.2, 0) is 37.8 Å². The number of carbonyl (C=O) groups excluding carboxylic acids is 3. The molecular formula is C47H57F6N3O9. The lowest BCUT2D eigenvalue weighted by atomic mass is 9.80. The van der Waals surface area contributed by atoms with Crippen molar-refractivity contribution in [3.05, 3.63) is 82.4 Å². The van der Waals surface area contributed by atoms with Crippen molar-refractivity contribution >= 4 is 35.1 Å². The molecule has 2 atom stereocenters. The van der Waals surface area contributed by atoms with Gasteiger partial charge in [0.05, 0.1) is 33.6 Å². The molecule has 12 nitrogen and oxygen atoms in total. The Morgan fingerprint density at radius 2 is 1.18 bits per heavy atom. The van der Waals surface area contributed by atoms with Crippen LogP contribution in [0.2, 0.25) is 0 Å².